The molecule has 6 heteroatoms. The zero-order chi connectivity index (χ0) is 15.4. The lowest BCUT2D eigenvalue weighted by atomic mass is 10.0. The Morgan fingerprint density at radius 2 is 1.50 bits per heavy atom. The molecular weight excluding hydrogens is 264 g/mol. The summed E-state index contributed by atoms with van der Waals surface area (Å²) in [7, 11) is 0. The molecule has 1 unspecified atom stereocenters. The quantitative estimate of drug-likeness (QED) is 0.400. The molecule has 0 saturated carbocycles. The van der Waals surface area contributed by atoms with Gasteiger partial charge in [-0.3, -0.25) is 9.59 Å². The van der Waals surface area contributed by atoms with Gasteiger partial charge in [0, 0.05) is 19.6 Å². The van der Waals surface area contributed by atoms with Crippen LogP contribution < -0.4 is 0 Å². The molecule has 0 aliphatic carbocycles. The summed E-state index contributed by atoms with van der Waals surface area (Å²) < 4.78 is 11.0. The number of hydrogen-bond donors (Lipinski definition) is 2. The van der Waals surface area contributed by atoms with E-state index in [1.54, 1.807) is 0 Å². The zero-order valence-corrected chi connectivity index (χ0v) is 12.3. The van der Waals surface area contributed by atoms with E-state index in [2.05, 4.69) is 0 Å². The van der Waals surface area contributed by atoms with E-state index in [1.807, 2.05) is 13.8 Å². The molecule has 0 spiro atoms. The second-order valence-corrected chi connectivity index (χ2v) is 4.75. The molecule has 1 atom stereocenters. The van der Waals surface area contributed by atoms with Crippen molar-refractivity contribution in [1.29, 1.82) is 0 Å². The van der Waals surface area contributed by atoms with Crippen molar-refractivity contribution >= 4 is 11.9 Å². The van der Waals surface area contributed by atoms with Gasteiger partial charge in [-0.1, -0.05) is 26.7 Å². The number of carbonyl (C=O) groups is 2. The Morgan fingerprint density at radius 1 is 1.00 bits per heavy atom. The van der Waals surface area contributed by atoms with Crippen LogP contribution in [0.4, 0.5) is 0 Å². The normalized spacial score (nSPS) is 12.6. The van der Waals surface area contributed by atoms with E-state index in [0.29, 0.717) is 13.2 Å². The van der Waals surface area contributed by atoms with Crippen LogP contribution in [0, 0.1) is 5.92 Å². The van der Waals surface area contributed by atoms with Crippen LogP contribution in [0.1, 0.15) is 52.4 Å². The van der Waals surface area contributed by atoms with Crippen LogP contribution in [-0.4, -0.2) is 41.7 Å². The molecule has 0 aromatic heterocycles. The van der Waals surface area contributed by atoms with Crippen molar-refractivity contribution in [2.45, 2.75) is 58.7 Å². The van der Waals surface area contributed by atoms with Gasteiger partial charge >= 0.3 is 11.9 Å². The first-order valence-electron chi connectivity index (χ1n) is 7.19. The number of carboxylic acid groups (broad SMARTS) is 2. The average molecular weight is 290 g/mol. The molecule has 0 saturated heterocycles. The largest absolute Gasteiger partial charge is 0.481 e. The van der Waals surface area contributed by atoms with E-state index in [4.69, 9.17) is 19.7 Å². The Labute approximate surface area is 120 Å². The highest BCUT2D eigenvalue weighted by Gasteiger charge is 2.26. The van der Waals surface area contributed by atoms with Gasteiger partial charge in [-0.2, -0.15) is 0 Å². The Hall–Kier alpha value is -1.14. The molecule has 0 aromatic carbocycles. The van der Waals surface area contributed by atoms with Crippen LogP contribution in [-0.2, 0) is 19.1 Å². The topological polar surface area (TPSA) is 93.1 Å². The monoisotopic (exact) mass is 290 g/mol. The van der Waals surface area contributed by atoms with Crippen LogP contribution in [0.2, 0.25) is 0 Å². The maximum absolute atomic E-state index is 11.1. The number of aliphatic carboxylic acids is 2. The number of carboxylic acids is 2. The van der Waals surface area contributed by atoms with Crippen molar-refractivity contribution in [3.63, 3.8) is 0 Å². The van der Waals surface area contributed by atoms with E-state index >= 15 is 0 Å². The molecule has 0 rings (SSSR count). The molecule has 0 aliphatic rings. The zero-order valence-electron chi connectivity index (χ0n) is 12.3. The van der Waals surface area contributed by atoms with Crippen molar-refractivity contribution in [3.8, 4) is 0 Å². The number of ether oxygens (including phenoxy) is 2. The van der Waals surface area contributed by atoms with Crippen molar-refractivity contribution < 1.29 is 29.3 Å². The van der Waals surface area contributed by atoms with Gasteiger partial charge in [0.05, 0.1) is 12.3 Å². The fourth-order valence-electron chi connectivity index (χ4n) is 1.62. The summed E-state index contributed by atoms with van der Waals surface area (Å²) in [4.78, 5) is 21.7. The van der Waals surface area contributed by atoms with Gasteiger partial charge in [0.25, 0.3) is 0 Å². The highest BCUT2D eigenvalue weighted by Crippen LogP contribution is 2.16. The second kappa shape index (κ2) is 11.7. The first-order valence-corrected chi connectivity index (χ1v) is 7.19. The molecule has 0 bridgehead atoms. The van der Waals surface area contributed by atoms with Gasteiger partial charge in [0.2, 0.25) is 0 Å². The Morgan fingerprint density at radius 3 is 1.85 bits per heavy atom. The fourth-order valence-corrected chi connectivity index (χ4v) is 1.62. The maximum atomic E-state index is 11.1. The third kappa shape index (κ3) is 9.75. The van der Waals surface area contributed by atoms with Gasteiger partial charge < -0.3 is 19.7 Å². The van der Waals surface area contributed by atoms with Crippen LogP contribution in [0.5, 0.6) is 0 Å². The molecule has 0 radical (unpaired) electrons. The molecule has 20 heavy (non-hydrogen) atoms. The lowest BCUT2D eigenvalue weighted by Gasteiger charge is -2.21. The van der Waals surface area contributed by atoms with Crippen LogP contribution >= 0.6 is 0 Å². The van der Waals surface area contributed by atoms with Crippen LogP contribution in [0.3, 0.4) is 0 Å². The van der Waals surface area contributed by atoms with E-state index in [1.165, 1.54) is 0 Å². The summed E-state index contributed by atoms with van der Waals surface area (Å²) in [5.41, 5.74) is 0. The molecule has 0 fully saturated rings. The summed E-state index contributed by atoms with van der Waals surface area (Å²) >= 11 is 0. The lowest BCUT2D eigenvalue weighted by Crippen LogP contribution is -2.27. The number of hydrogen-bond acceptors (Lipinski definition) is 4. The maximum Gasteiger partial charge on any atom is 0.307 e. The van der Waals surface area contributed by atoms with Gasteiger partial charge in [-0.25, -0.2) is 0 Å². The minimum atomic E-state index is -1.13. The van der Waals surface area contributed by atoms with Crippen molar-refractivity contribution in [1.82, 2.24) is 0 Å². The Balaban J connectivity index is 4.38. The molecule has 0 aliphatic heterocycles. The van der Waals surface area contributed by atoms with E-state index in [-0.39, 0.29) is 6.42 Å². The van der Waals surface area contributed by atoms with Crippen molar-refractivity contribution in [2.24, 2.45) is 5.92 Å². The summed E-state index contributed by atoms with van der Waals surface area (Å²) in [6.07, 6.45) is 2.68. The minimum absolute atomic E-state index is 0.0645. The third-order valence-corrected chi connectivity index (χ3v) is 2.85. The standard InChI is InChI=1S/C14H26O6/c1-3-5-7-19-13(20-8-6-4-2)10-11(14(17)18)9-12(15)16/h11,13H,3-10H2,1-2H3,(H,15,16)(H,17,18). The summed E-state index contributed by atoms with van der Waals surface area (Å²) in [5, 5.41) is 17.8. The third-order valence-electron chi connectivity index (χ3n) is 2.85. The molecule has 0 aromatic rings. The smallest absolute Gasteiger partial charge is 0.307 e. The highest BCUT2D eigenvalue weighted by atomic mass is 16.7. The first kappa shape index (κ1) is 18.9. The predicted octanol–water partition coefficient (Wildman–Crippen LogP) is 2.51. The van der Waals surface area contributed by atoms with Gasteiger partial charge in [-0.05, 0) is 12.8 Å². The van der Waals surface area contributed by atoms with E-state index in [9.17, 15) is 9.59 Å². The summed E-state index contributed by atoms with van der Waals surface area (Å²) in [6.45, 7) is 5.04. The summed E-state index contributed by atoms with van der Waals surface area (Å²) in [5.74, 6) is -3.24. The Kier molecular flexibility index (Phi) is 11.0. The van der Waals surface area contributed by atoms with Gasteiger partial charge in [0.15, 0.2) is 6.29 Å². The first-order chi connectivity index (χ1) is 9.51. The van der Waals surface area contributed by atoms with Gasteiger partial charge in [0.1, 0.15) is 0 Å². The minimum Gasteiger partial charge on any atom is -0.481 e. The van der Waals surface area contributed by atoms with Crippen molar-refractivity contribution in [2.75, 3.05) is 13.2 Å². The van der Waals surface area contributed by atoms with Crippen LogP contribution in [0.15, 0.2) is 0 Å². The molecule has 0 amide bonds. The predicted molar refractivity (Wildman–Crippen MR) is 73.5 cm³/mol. The van der Waals surface area contributed by atoms with Gasteiger partial charge in [-0.15, -0.1) is 0 Å². The highest BCUT2D eigenvalue weighted by molar-refractivity contribution is 5.77. The van der Waals surface area contributed by atoms with Crippen molar-refractivity contribution in [3.05, 3.63) is 0 Å². The fraction of sp³-hybridized carbons (Fsp3) is 0.857. The molecular formula is C14H26O6. The van der Waals surface area contributed by atoms with E-state index in [0.717, 1.165) is 25.7 Å². The SMILES string of the molecule is CCCCOC(CC(CC(=O)O)C(=O)O)OCCCC. The second-order valence-electron chi connectivity index (χ2n) is 4.75. The molecule has 0 heterocycles. The molecule has 118 valence electrons. The van der Waals surface area contributed by atoms with E-state index < -0.39 is 30.6 Å². The number of unbranched alkanes of at least 4 members (excludes halogenated alkanes) is 2. The molecule has 6 nitrogen and oxygen atoms in total. The van der Waals surface area contributed by atoms with Crippen LogP contribution in [0.25, 0.3) is 0 Å². The average Bonchev–Trinajstić information content (AvgIpc) is 2.37. The Bertz CT molecular complexity index is 269. The molecule has 2 N–H and O–H groups in total. The summed E-state index contributed by atoms with van der Waals surface area (Å²) in [6, 6.07) is 0. The lowest BCUT2D eigenvalue weighted by molar-refractivity contribution is -0.167. The number of rotatable bonds is 13.